The molecule has 0 radical (unpaired) electrons. The van der Waals surface area contributed by atoms with E-state index in [2.05, 4.69) is 0 Å². The summed E-state index contributed by atoms with van der Waals surface area (Å²) in [7, 11) is -3.64. The average molecular weight is 314 g/mol. The van der Waals surface area contributed by atoms with Gasteiger partial charge in [-0.3, -0.25) is 0 Å². The van der Waals surface area contributed by atoms with Crippen LogP contribution in [0.25, 0.3) is 0 Å². The van der Waals surface area contributed by atoms with Gasteiger partial charge in [0.25, 0.3) is 0 Å². The first-order valence-corrected chi connectivity index (χ1v) is 8.13. The number of rotatable bonds is 2. The number of piperidine rings is 1. The summed E-state index contributed by atoms with van der Waals surface area (Å²) in [5.41, 5.74) is 6.24. The Hall–Kier alpha value is -1.13. The van der Waals surface area contributed by atoms with Gasteiger partial charge in [-0.25, -0.2) is 8.42 Å². The van der Waals surface area contributed by atoms with Crippen molar-refractivity contribution in [1.82, 2.24) is 4.31 Å². The molecule has 0 saturated carbocycles. The van der Waals surface area contributed by atoms with Crippen LogP contribution in [0.2, 0.25) is 5.02 Å². The van der Waals surface area contributed by atoms with Crippen LogP contribution in [-0.2, 0) is 10.0 Å². The Kier molecular flexibility index (Phi) is 4.35. The molecule has 0 aliphatic carbocycles. The van der Waals surface area contributed by atoms with Crippen molar-refractivity contribution in [2.24, 2.45) is 11.7 Å². The Labute approximate surface area is 124 Å². The van der Waals surface area contributed by atoms with Gasteiger partial charge in [0.15, 0.2) is 0 Å². The van der Waals surface area contributed by atoms with E-state index in [0.29, 0.717) is 25.1 Å². The number of sulfonamides is 1. The van der Waals surface area contributed by atoms with Gasteiger partial charge >= 0.3 is 0 Å². The summed E-state index contributed by atoms with van der Waals surface area (Å²) in [6, 6.07) is 6.16. The van der Waals surface area contributed by atoms with E-state index in [-0.39, 0.29) is 21.9 Å². The van der Waals surface area contributed by atoms with E-state index in [4.69, 9.17) is 22.6 Å². The van der Waals surface area contributed by atoms with Crippen molar-refractivity contribution in [3.8, 4) is 6.07 Å². The van der Waals surface area contributed by atoms with Crippen molar-refractivity contribution < 1.29 is 8.42 Å². The molecule has 1 aliphatic rings. The zero-order valence-electron chi connectivity index (χ0n) is 11.1. The molecule has 0 aromatic heterocycles. The molecule has 0 amide bonds. The fraction of sp³-hybridized carbons (Fsp3) is 0.462. The molecule has 2 unspecified atom stereocenters. The Balaban J connectivity index is 2.34. The van der Waals surface area contributed by atoms with Gasteiger partial charge in [0.2, 0.25) is 10.0 Å². The highest BCUT2D eigenvalue weighted by Crippen LogP contribution is 2.28. The van der Waals surface area contributed by atoms with Gasteiger partial charge in [0.05, 0.1) is 16.7 Å². The maximum absolute atomic E-state index is 12.6. The van der Waals surface area contributed by atoms with E-state index in [1.165, 1.54) is 22.5 Å². The summed E-state index contributed by atoms with van der Waals surface area (Å²) in [5.74, 6) is 0.107. The van der Waals surface area contributed by atoms with Gasteiger partial charge in [0.1, 0.15) is 4.90 Å². The monoisotopic (exact) mass is 313 g/mol. The SMILES string of the molecule is CC1CN(S(=O)(=O)c2ccc(C#N)cc2Cl)CCC1N. The molecule has 0 spiro atoms. The minimum atomic E-state index is -3.64. The van der Waals surface area contributed by atoms with E-state index in [9.17, 15) is 8.42 Å². The van der Waals surface area contributed by atoms with Crippen molar-refractivity contribution in [2.45, 2.75) is 24.3 Å². The quantitative estimate of drug-likeness (QED) is 0.897. The Morgan fingerprint density at radius 1 is 1.50 bits per heavy atom. The first-order valence-electron chi connectivity index (χ1n) is 6.31. The van der Waals surface area contributed by atoms with Gasteiger partial charge < -0.3 is 5.73 Å². The molecule has 7 heteroatoms. The van der Waals surface area contributed by atoms with Crippen LogP contribution < -0.4 is 5.73 Å². The number of halogens is 1. The molecule has 0 bridgehead atoms. The van der Waals surface area contributed by atoms with Crippen LogP contribution >= 0.6 is 11.6 Å². The first-order chi connectivity index (χ1) is 9.36. The molecule has 5 nitrogen and oxygen atoms in total. The number of nitrogens with two attached hydrogens (primary N) is 1. The zero-order chi connectivity index (χ0) is 14.9. The minimum absolute atomic E-state index is 0.0258. The second-order valence-corrected chi connectivity index (χ2v) is 7.36. The number of nitrogens with zero attached hydrogens (tertiary/aromatic N) is 2. The van der Waals surface area contributed by atoms with Crippen molar-refractivity contribution in [2.75, 3.05) is 13.1 Å². The first kappa shape index (κ1) is 15.3. The number of benzene rings is 1. The third-order valence-corrected chi connectivity index (χ3v) is 5.96. The third kappa shape index (κ3) is 2.81. The van der Waals surface area contributed by atoms with E-state index in [0.717, 1.165) is 0 Å². The molecule has 1 saturated heterocycles. The molecule has 2 N–H and O–H groups in total. The fourth-order valence-corrected chi connectivity index (χ4v) is 4.34. The number of nitriles is 1. The maximum atomic E-state index is 12.6. The van der Waals surface area contributed by atoms with Crippen LogP contribution in [-0.4, -0.2) is 31.9 Å². The van der Waals surface area contributed by atoms with Gasteiger partial charge in [-0.1, -0.05) is 18.5 Å². The average Bonchev–Trinajstić information content (AvgIpc) is 2.41. The standard InChI is InChI=1S/C13H16ClN3O2S/c1-9-8-17(5-4-12(9)16)20(18,19)13-3-2-10(7-15)6-11(13)14/h2-3,6,9,12H,4-5,8,16H2,1H3. The lowest BCUT2D eigenvalue weighted by Crippen LogP contribution is -2.48. The van der Waals surface area contributed by atoms with Crippen molar-refractivity contribution in [3.63, 3.8) is 0 Å². The second kappa shape index (κ2) is 5.70. The Morgan fingerprint density at radius 3 is 2.75 bits per heavy atom. The highest BCUT2D eigenvalue weighted by atomic mass is 35.5. The van der Waals surface area contributed by atoms with Crippen LogP contribution in [0.4, 0.5) is 0 Å². The van der Waals surface area contributed by atoms with Gasteiger partial charge in [-0.15, -0.1) is 0 Å². The minimum Gasteiger partial charge on any atom is -0.327 e. The second-order valence-electron chi connectivity index (χ2n) is 5.05. The highest BCUT2D eigenvalue weighted by Gasteiger charge is 2.33. The van der Waals surface area contributed by atoms with Crippen LogP contribution in [0.3, 0.4) is 0 Å². The lowest BCUT2D eigenvalue weighted by Gasteiger charge is -2.34. The van der Waals surface area contributed by atoms with Crippen LogP contribution in [0.1, 0.15) is 18.9 Å². The summed E-state index contributed by atoms with van der Waals surface area (Å²) in [6.07, 6.45) is 0.633. The molecule has 20 heavy (non-hydrogen) atoms. The van der Waals surface area contributed by atoms with Gasteiger partial charge in [-0.2, -0.15) is 9.57 Å². The van der Waals surface area contributed by atoms with Gasteiger partial charge in [0, 0.05) is 19.1 Å². The molecule has 2 atom stereocenters. The number of hydrogen-bond donors (Lipinski definition) is 1. The lowest BCUT2D eigenvalue weighted by atomic mass is 9.96. The van der Waals surface area contributed by atoms with Crippen LogP contribution in [0.15, 0.2) is 23.1 Å². The number of hydrogen-bond acceptors (Lipinski definition) is 4. The van der Waals surface area contributed by atoms with Gasteiger partial charge in [-0.05, 0) is 30.5 Å². The maximum Gasteiger partial charge on any atom is 0.244 e. The fourth-order valence-electron chi connectivity index (χ4n) is 2.26. The van der Waals surface area contributed by atoms with E-state index in [1.807, 2.05) is 13.0 Å². The van der Waals surface area contributed by atoms with Crippen molar-refractivity contribution in [3.05, 3.63) is 28.8 Å². The molecule has 1 aromatic rings. The third-order valence-electron chi connectivity index (χ3n) is 3.61. The normalized spacial score (nSPS) is 24.3. The molecule has 1 aromatic carbocycles. The van der Waals surface area contributed by atoms with Crippen LogP contribution in [0.5, 0.6) is 0 Å². The summed E-state index contributed by atoms with van der Waals surface area (Å²) < 4.78 is 26.6. The predicted molar refractivity (Wildman–Crippen MR) is 76.7 cm³/mol. The molecular weight excluding hydrogens is 298 g/mol. The smallest absolute Gasteiger partial charge is 0.244 e. The molecule has 108 valence electrons. The molecule has 1 fully saturated rings. The Morgan fingerprint density at radius 2 is 2.20 bits per heavy atom. The molecule has 2 rings (SSSR count). The van der Waals surface area contributed by atoms with Crippen LogP contribution in [0, 0.1) is 17.2 Å². The predicted octanol–water partition coefficient (Wildman–Crippen LogP) is 1.57. The summed E-state index contributed by atoms with van der Waals surface area (Å²) in [6.45, 7) is 2.72. The van der Waals surface area contributed by atoms with Crippen molar-refractivity contribution >= 4 is 21.6 Å². The Bertz CT molecular complexity index is 654. The topological polar surface area (TPSA) is 87.2 Å². The summed E-state index contributed by atoms with van der Waals surface area (Å²) in [4.78, 5) is 0.0424. The molecular formula is C13H16ClN3O2S. The summed E-state index contributed by atoms with van der Waals surface area (Å²) >= 11 is 6.00. The molecule has 1 heterocycles. The van der Waals surface area contributed by atoms with E-state index >= 15 is 0 Å². The largest absolute Gasteiger partial charge is 0.327 e. The van der Waals surface area contributed by atoms with Crippen molar-refractivity contribution in [1.29, 1.82) is 5.26 Å². The lowest BCUT2D eigenvalue weighted by molar-refractivity contribution is 0.250. The molecule has 1 aliphatic heterocycles. The summed E-state index contributed by atoms with van der Waals surface area (Å²) in [5, 5.41) is 8.86. The van der Waals surface area contributed by atoms with E-state index < -0.39 is 10.0 Å². The zero-order valence-corrected chi connectivity index (χ0v) is 12.7. The van der Waals surface area contributed by atoms with E-state index in [1.54, 1.807) is 0 Å². The highest BCUT2D eigenvalue weighted by molar-refractivity contribution is 7.89.